The monoisotopic (exact) mass is 444 g/mol. The van der Waals surface area contributed by atoms with Crippen LogP contribution in [0.1, 0.15) is 28.1 Å². The Morgan fingerprint density at radius 2 is 2.00 bits per heavy atom. The Morgan fingerprint density at radius 3 is 2.88 bits per heavy atom. The van der Waals surface area contributed by atoms with E-state index in [-0.39, 0.29) is 17.7 Å². The van der Waals surface area contributed by atoms with Crippen molar-refractivity contribution in [3.05, 3.63) is 83.6 Å². The molecule has 5 rings (SSSR count). The van der Waals surface area contributed by atoms with Gasteiger partial charge in [-0.2, -0.15) is 0 Å². The Hall–Kier alpha value is -3.45. The number of likely N-dealkylation sites (tertiary alicyclic amines) is 1. The molecule has 0 bridgehead atoms. The van der Waals surface area contributed by atoms with E-state index < -0.39 is 0 Å². The smallest absolute Gasteiger partial charge is 0.264 e. The SMILES string of the molecule is O=C(NCc1cccnc1)C1CCCN(C(=O)c2ccc(-n3ccc4ccccc43)s2)C1. The van der Waals surface area contributed by atoms with E-state index in [1.54, 1.807) is 12.4 Å². The highest BCUT2D eigenvalue weighted by Gasteiger charge is 2.29. The van der Waals surface area contributed by atoms with Gasteiger partial charge in [0, 0.05) is 38.2 Å². The largest absolute Gasteiger partial charge is 0.352 e. The van der Waals surface area contributed by atoms with E-state index in [2.05, 4.69) is 33.1 Å². The standard InChI is InChI=1S/C25H24N4O2S/c30-24(27-16-18-5-3-12-26-15-18)20-7-4-13-28(17-20)25(31)22-9-10-23(32-22)29-14-11-19-6-1-2-8-21(19)29/h1-3,5-6,8-12,14-15,20H,4,7,13,16-17H2,(H,27,30). The van der Waals surface area contributed by atoms with Crippen LogP contribution in [-0.4, -0.2) is 39.4 Å². The van der Waals surface area contributed by atoms with E-state index in [0.717, 1.165) is 28.9 Å². The van der Waals surface area contributed by atoms with Crippen molar-refractivity contribution in [3.8, 4) is 5.00 Å². The highest BCUT2D eigenvalue weighted by molar-refractivity contribution is 7.16. The van der Waals surface area contributed by atoms with Crippen LogP contribution in [0.5, 0.6) is 0 Å². The highest BCUT2D eigenvalue weighted by Crippen LogP contribution is 2.28. The summed E-state index contributed by atoms with van der Waals surface area (Å²) in [4.78, 5) is 32.5. The van der Waals surface area contributed by atoms with Crippen molar-refractivity contribution in [2.24, 2.45) is 5.92 Å². The van der Waals surface area contributed by atoms with E-state index >= 15 is 0 Å². The Bertz CT molecular complexity index is 1250. The summed E-state index contributed by atoms with van der Waals surface area (Å²) in [5, 5.41) is 5.17. The Balaban J connectivity index is 1.25. The van der Waals surface area contributed by atoms with Crippen molar-refractivity contribution in [1.29, 1.82) is 0 Å². The van der Waals surface area contributed by atoms with Crippen molar-refractivity contribution in [3.63, 3.8) is 0 Å². The quantitative estimate of drug-likeness (QED) is 0.500. The number of piperidine rings is 1. The van der Waals surface area contributed by atoms with Crippen molar-refractivity contribution in [2.75, 3.05) is 13.1 Å². The molecule has 4 heterocycles. The number of benzene rings is 1. The zero-order valence-corrected chi connectivity index (χ0v) is 18.4. The van der Waals surface area contributed by atoms with Crippen LogP contribution in [0.3, 0.4) is 0 Å². The number of carbonyl (C=O) groups is 2. The fourth-order valence-electron chi connectivity index (χ4n) is 4.21. The number of thiophene rings is 1. The maximum atomic E-state index is 13.2. The molecule has 1 N–H and O–H groups in total. The van der Waals surface area contributed by atoms with Gasteiger partial charge < -0.3 is 14.8 Å². The van der Waals surface area contributed by atoms with Gasteiger partial charge in [-0.25, -0.2) is 0 Å². The normalized spacial score (nSPS) is 16.2. The molecule has 162 valence electrons. The summed E-state index contributed by atoms with van der Waals surface area (Å²) >= 11 is 1.49. The van der Waals surface area contributed by atoms with Crippen molar-refractivity contribution in [1.82, 2.24) is 19.8 Å². The molecule has 1 aromatic carbocycles. The number of nitrogens with one attached hydrogen (secondary N) is 1. The third-order valence-corrected chi connectivity index (χ3v) is 6.98. The van der Waals surface area contributed by atoms with Crippen LogP contribution in [0.25, 0.3) is 15.9 Å². The van der Waals surface area contributed by atoms with E-state index in [1.807, 2.05) is 47.5 Å². The number of nitrogens with zero attached hydrogens (tertiary/aromatic N) is 3. The second kappa shape index (κ2) is 8.96. The van der Waals surface area contributed by atoms with Gasteiger partial charge in [0.2, 0.25) is 5.91 Å². The Kier molecular flexibility index (Phi) is 5.73. The van der Waals surface area contributed by atoms with E-state index in [0.29, 0.717) is 24.5 Å². The van der Waals surface area contributed by atoms with Crippen LogP contribution in [0.4, 0.5) is 0 Å². The molecular weight excluding hydrogens is 420 g/mol. The van der Waals surface area contributed by atoms with Crippen LogP contribution in [-0.2, 0) is 11.3 Å². The average molecular weight is 445 g/mol. The number of aromatic nitrogens is 2. The Labute approximate surface area is 190 Å². The molecule has 1 fully saturated rings. The number of pyridine rings is 1. The van der Waals surface area contributed by atoms with Gasteiger partial charge in [0.05, 0.1) is 16.3 Å². The van der Waals surface area contributed by atoms with Crippen molar-refractivity contribution < 1.29 is 9.59 Å². The average Bonchev–Trinajstić information content (AvgIpc) is 3.50. The molecular formula is C25H24N4O2S. The number of fused-ring (bicyclic) bond motifs is 1. The lowest BCUT2D eigenvalue weighted by Gasteiger charge is -2.31. The summed E-state index contributed by atoms with van der Waals surface area (Å²) in [6.07, 6.45) is 7.13. The molecule has 1 aliphatic rings. The van der Waals surface area contributed by atoms with Gasteiger partial charge in [0.25, 0.3) is 5.91 Å². The minimum atomic E-state index is -0.183. The number of hydrogen-bond acceptors (Lipinski definition) is 4. The molecule has 1 unspecified atom stereocenters. The molecule has 0 spiro atoms. The lowest BCUT2D eigenvalue weighted by Crippen LogP contribution is -2.45. The molecule has 6 nitrogen and oxygen atoms in total. The van der Waals surface area contributed by atoms with Gasteiger partial charge in [0.1, 0.15) is 5.00 Å². The van der Waals surface area contributed by atoms with E-state index in [4.69, 9.17) is 0 Å². The zero-order valence-electron chi connectivity index (χ0n) is 17.6. The number of carbonyl (C=O) groups excluding carboxylic acids is 2. The minimum absolute atomic E-state index is 0.00229. The van der Waals surface area contributed by atoms with Crippen LogP contribution in [0.2, 0.25) is 0 Å². The van der Waals surface area contributed by atoms with Crippen molar-refractivity contribution in [2.45, 2.75) is 19.4 Å². The van der Waals surface area contributed by atoms with E-state index in [9.17, 15) is 9.59 Å². The number of rotatable bonds is 5. The predicted octanol–water partition coefficient (Wildman–Crippen LogP) is 4.26. The summed E-state index contributed by atoms with van der Waals surface area (Å²) in [6, 6.07) is 18.0. The molecule has 1 saturated heterocycles. The molecule has 3 aromatic heterocycles. The molecule has 7 heteroatoms. The summed E-state index contributed by atoms with van der Waals surface area (Å²) in [5.41, 5.74) is 2.09. The third kappa shape index (κ3) is 4.16. The van der Waals surface area contributed by atoms with Crippen molar-refractivity contribution >= 4 is 34.1 Å². The molecule has 0 radical (unpaired) electrons. The van der Waals surface area contributed by atoms with Crippen LogP contribution in [0, 0.1) is 5.92 Å². The van der Waals surface area contributed by atoms with Gasteiger partial charge in [-0.3, -0.25) is 14.6 Å². The molecule has 0 aliphatic carbocycles. The third-order valence-electron chi connectivity index (χ3n) is 5.91. The molecule has 0 saturated carbocycles. The van der Waals surface area contributed by atoms with Crippen LogP contribution in [0.15, 0.2) is 73.2 Å². The Morgan fingerprint density at radius 1 is 1.09 bits per heavy atom. The molecule has 2 amide bonds. The number of para-hydroxylation sites is 1. The summed E-state index contributed by atoms with van der Waals surface area (Å²) < 4.78 is 2.11. The van der Waals surface area contributed by atoms with Gasteiger partial charge >= 0.3 is 0 Å². The maximum absolute atomic E-state index is 13.2. The first-order chi connectivity index (χ1) is 15.7. The first-order valence-electron chi connectivity index (χ1n) is 10.8. The summed E-state index contributed by atoms with van der Waals surface area (Å²) in [6.45, 7) is 1.60. The van der Waals surface area contributed by atoms with E-state index in [1.165, 1.54) is 16.7 Å². The van der Waals surface area contributed by atoms with Gasteiger partial charge in [-0.1, -0.05) is 24.3 Å². The second-order valence-electron chi connectivity index (χ2n) is 8.05. The first-order valence-corrected chi connectivity index (χ1v) is 11.6. The maximum Gasteiger partial charge on any atom is 0.264 e. The second-order valence-corrected chi connectivity index (χ2v) is 9.11. The summed E-state index contributed by atoms with van der Waals surface area (Å²) in [5.74, 6) is -0.184. The molecule has 1 atom stereocenters. The van der Waals surface area contributed by atoms with Gasteiger partial charge in [0.15, 0.2) is 0 Å². The lowest BCUT2D eigenvalue weighted by molar-refractivity contribution is -0.126. The fraction of sp³-hybridized carbons (Fsp3) is 0.240. The number of hydrogen-bond donors (Lipinski definition) is 1. The van der Waals surface area contributed by atoms with Crippen LogP contribution >= 0.6 is 11.3 Å². The minimum Gasteiger partial charge on any atom is -0.352 e. The molecule has 32 heavy (non-hydrogen) atoms. The van der Waals surface area contributed by atoms with Gasteiger partial charge in [-0.05, 0) is 54.1 Å². The number of amides is 2. The fourth-order valence-corrected chi connectivity index (χ4v) is 5.19. The van der Waals surface area contributed by atoms with Gasteiger partial charge in [-0.15, -0.1) is 11.3 Å². The summed E-state index contributed by atoms with van der Waals surface area (Å²) in [7, 11) is 0. The predicted molar refractivity (Wildman–Crippen MR) is 126 cm³/mol. The topological polar surface area (TPSA) is 67.2 Å². The molecule has 1 aliphatic heterocycles. The van der Waals surface area contributed by atoms with Crippen LogP contribution < -0.4 is 5.32 Å². The molecule has 4 aromatic rings. The highest BCUT2D eigenvalue weighted by atomic mass is 32.1. The first kappa shape index (κ1) is 20.5. The zero-order chi connectivity index (χ0) is 21.9. The lowest BCUT2D eigenvalue weighted by atomic mass is 9.97.